The van der Waals surface area contributed by atoms with Gasteiger partial charge in [0.15, 0.2) is 0 Å². The fraction of sp³-hybridized carbons (Fsp3) is 0. The van der Waals surface area contributed by atoms with Gasteiger partial charge in [0.2, 0.25) is 0 Å². The predicted molar refractivity (Wildman–Crippen MR) is 271 cm³/mol. The lowest BCUT2D eigenvalue weighted by molar-refractivity contribution is 1.18. The fourth-order valence-electron chi connectivity index (χ4n) is 11.0. The van der Waals surface area contributed by atoms with Gasteiger partial charge in [0.1, 0.15) is 0 Å². The molecule has 0 spiro atoms. The highest BCUT2D eigenvalue weighted by Crippen LogP contribution is 2.50. The topological polar surface area (TPSA) is 9.86 Å². The molecule has 0 fully saturated rings. The number of para-hydroxylation sites is 2. The maximum absolute atomic E-state index is 2.43. The van der Waals surface area contributed by atoms with Crippen LogP contribution in [0.1, 0.15) is 0 Å². The van der Waals surface area contributed by atoms with Gasteiger partial charge in [-0.25, -0.2) is 0 Å². The average molecular weight is 811 g/mol. The van der Waals surface area contributed by atoms with Crippen LogP contribution in [0, 0.1) is 0 Å². The first-order chi connectivity index (χ1) is 31.8. The van der Waals surface area contributed by atoms with Crippen molar-refractivity contribution in [2.24, 2.45) is 0 Å². The lowest BCUT2D eigenvalue weighted by atomic mass is 9.89. The monoisotopic (exact) mass is 810 g/mol. The van der Waals surface area contributed by atoms with Gasteiger partial charge in [-0.2, -0.15) is 0 Å². The summed E-state index contributed by atoms with van der Waals surface area (Å²) in [5, 5.41) is 10.2. The van der Waals surface area contributed by atoms with E-state index in [1.54, 1.807) is 0 Å². The number of hydrogen-bond acceptors (Lipinski definition) is 0. The zero-order valence-electron chi connectivity index (χ0n) is 34.8. The van der Waals surface area contributed by atoms with E-state index in [1.807, 2.05) is 0 Å². The van der Waals surface area contributed by atoms with Crippen LogP contribution in [0.3, 0.4) is 0 Å². The number of nitrogens with zero attached hydrogens (tertiary/aromatic N) is 2. The van der Waals surface area contributed by atoms with Crippen LogP contribution in [0.25, 0.3) is 132 Å². The lowest BCUT2D eigenvalue weighted by Crippen LogP contribution is -1.94. The van der Waals surface area contributed by atoms with E-state index in [0.29, 0.717) is 0 Å². The Bertz CT molecular complexity index is 4020. The molecule has 0 atom stereocenters. The summed E-state index contributed by atoms with van der Waals surface area (Å²) in [7, 11) is 0. The Morgan fingerprint density at radius 1 is 0.234 bits per heavy atom. The molecule has 0 bridgehead atoms. The Balaban J connectivity index is 0.874. The summed E-state index contributed by atoms with van der Waals surface area (Å²) in [6.45, 7) is 0. The van der Waals surface area contributed by atoms with Crippen molar-refractivity contribution in [3.8, 4) is 67.0 Å². The summed E-state index contributed by atoms with van der Waals surface area (Å²) in [4.78, 5) is 0. The van der Waals surface area contributed by atoms with Crippen molar-refractivity contribution in [2.75, 3.05) is 0 Å². The number of aromatic nitrogens is 2. The number of hydrogen-bond donors (Lipinski definition) is 0. The van der Waals surface area contributed by atoms with Gasteiger partial charge in [-0.1, -0.05) is 176 Å². The predicted octanol–water partition coefficient (Wildman–Crippen LogP) is 16.8. The van der Waals surface area contributed by atoms with Gasteiger partial charge in [-0.05, 0) is 126 Å². The molecular weight excluding hydrogens is 773 g/mol. The van der Waals surface area contributed by atoms with Crippen molar-refractivity contribution in [1.29, 1.82) is 0 Å². The minimum absolute atomic E-state index is 1.14. The van der Waals surface area contributed by atoms with Crippen molar-refractivity contribution < 1.29 is 0 Å². The largest absolute Gasteiger partial charge is 0.309 e. The molecule has 0 amide bonds. The van der Waals surface area contributed by atoms with E-state index in [-0.39, 0.29) is 0 Å². The van der Waals surface area contributed by atoms with Crippen LogP contribution in [0.15, 0.2) is 231 Å². The standard InChI is InChI=1S/C62H38N2/c1-2-14-43(15-3-1)64-60-36-29-42(38-57(60)55-32-27-39-13-4-5-17-46(39)62(55)64)41-28-35-59-56(37-41)51-21-10-11-24-58(51)63(59)44-30-25-40(26-31-44)45-16-6-7-18-47(45)50-33-34-54-49-20-9-8-19-48(49)52-22-12-23-53(50)61(52)54/h1-38H. The van der Waals surface area contributed by atoms with E-state index >= 15 is 0 Å². The molecule has 13 aromatic rings. The van der Waals surface area contributed by atoms with Gasteiger partial charge >= 0.3 is 0 Å². The minimum atomic E-state index is 1.14. The van der Waals surface area contributed by atoms with E-state index in [9.17, 15) is 0 Å². The quantitative estimate of drug-likeness (QED) is 0.164. The summed E-state index contributed by atoms with van der Waals surface area (Å²) in [5.74, 6) is 0. The molecule has 0 saturated heterocycles. The average Bonchev–Trinajstić information content (AvgIpc) is 4.01. The zero-order chi connectivity index (χ0) is 41.9. The third kappa shape index (κ3) is 5.02. The van der Waals surface area contributed by atoms with Crippen LogP contribution in [0.5, 0.6) is 0 Å². The second kappa shape index (κ2) is 13.5. The van der Waals surface area contributed by atoms with E-state index in [2.05, 4.69) is 240 Å². The molecule has 1 aliphatic carbocycles. The first kappa shape index (κ1) is 35.2. The van der Waals surface area contributed by atoms with E-state index in [1.165, 1.54) is 126 Å². The molecular formula is C62H38N2. The van der Waals surface area contributed by atoms with Gasteiger partial charge in [-0.3, -0.25) is 0 Å². The molecule has 0 unspecified atom stereocenters. The minimum Gasteiger partial charge on any atom is -0.309 e. The Morgan fingerprint density at radius 3 is 1.52 bits per heavy atom. The summed E-state index contributed by atoms with van der Waals surface area (Å²) < 4.78 is 4.86. The van der Waals surface area contributed by atoms with Crippen LogP contribution in [0.2, 0.25) is 0 Å². The summed E-state index contributed by atoms with van der Waals surface area (Å²) in [6, 6.07) is 85.2. The van der Waals surface area contributed by atoms with Crippen molar-refractivity contribution in [2.45, 2.75) is 0 Å². The lowest BCUT2D eigenvalue weighted by Gasteiger charge is -2.15. The SMILES string of the molecule is c1ccc(-n2c3ccc(-c4ccc5c(c4)c4ccccc4n5-c4ccc(-c5ccccc5-c5ccc6c7c(cccc57)-c5ccccc5-6)cc4)cc3c3ccc4ccccc4c32)cc1. The van der Waals surface area contributed by atoms with Gasteiger partial charge < -0.3 is 9.13 Å². The Hall–Kier alpha value is -8.46. The summed E-state index contributed by atoms with van der Waals surface area (Å²) in [6.07, 6.45) is 0. The smallest absolute Gasteiger partial charge is 0.0619 e. The van der Waals surface area contributed by atoms with Crippen molar-refractivity contribution >= 4 is 65.2 Å². The van der Waals surface area contributed by atoms with Gasteiger partial charge in [-0.15, -0.1) is 0 Å². The third-order valence-corrected chi connectivity index (χ3v) is 13.9. The molecule has 2 heterocycles. The van der Waals surface area contributed by atoms with Crippen LogP contribution in [-0.4, -0.2) is 9.13 Å². The normalized spacial score (nSPS) is 12.1. The molecule has 14 rings (SSSR count). The maximum Gasteiger partial charge on any atom is 0.0619 e. The first-order valence-corrected chi connectivity index (χ1v) is 22.2. The van der Waals surface area contributed by atoms with Crippen LogP contribution in [-0.2, 0) is 0 Å². The molecule has 2 aromatic heterocycles. The first-order valence-electron chi connectivity index (χ1n) is 22.2. The van der Waals surface area contributed by atoms with E-state index in [4.69, 9.17) is 0 Å². The summed E-state index contributed by atoms with van der Waals surface area (Å²) in [5.41, 5.74) is 19.8. The Labute approximate surface area is 370 Å². The van der Waals surface area contributed by atoms with Crippen molar-refractivity contribution in [1.82, 2.24) is 9.13 Å². The highest BCUT2D eigenvalue weighted by atomic mass is 15.0. The Kier molecular flexibility index (Phi) is 7.43. The highest BCUT2D eigenvalue weighted by molar-refractivity contribution is 6.21. The van der Waals surface area contributed by atoms with Crippen LogP contribution in [0.4, 0.5) is 0 Å². The zero-order valence-corrected chi connectivity index (χ0v) is 34.8. The van der Waals surface area contributed by atoms with Gasteiger partial charge in [0, 0.05) is 38.3 Å². The Morgan fingerprint density at radius 2 is 0.750 bits per heavy atom. The molecule has 11 aromatic carbocycles. The molecule has 2 nitrogen and oxygen atoms in total. The molecule has 2 heteroatoms. The number of rotatable bonds is 5. The van der Waals surface area contributed by atoms with Gasteiger partial charge in [0.25, 0.3) is 0 Å². The van der Waals surface area contributed by atoms with Crippen molar-refractivity contribution in [3.05, 3.63) is 231 Å². The van der Waals surface area contributed by atoms with Gasteiger partial charge in [0.05, 0.1) is 22.1 Å². The second-order valence-corrected chi connectivity index (χ2v) is 17.2. The molecule has 1 aliphatic rings. The van der Waals surface area contributed by atoms with Crippen LogP contribution < -0.4 is 0 Å². The molecule has 0 radical (unpaired) electrons. The third-order valence-electron chi connectivity index (χ3n) is 13.9. The highest BCUT2D eigenvalue weighted by Gasteiger charge is 2.23. The maximum atomic E-state index is 2.43. The summed E-state index contributed by atoms with van der Waals surface area (Å²) >= 11 is 0. The molecule has 296 valence electrons. The molecule has 0 aliphatic heterocycles. The van der Waals surface area contributed by atoms with Crippen molar-refractivity contribution in [3.63, 3.8) is 0 Å². The fourth-order valence-corrected chi connectivity index (χ4v) is 11.0. The molecule has 0 N–H and O–H groups in total. The van der Waals surface area contributed by atoms with E-state index < -0.39 is 0 Å². The second-order valence-electron chi connectivity index (χ2n) is 17.2. The molecule has 64 heavy (non-hydrogen) atoms. The number of fused-ring (bicyclic) bond motifs is 11. The van der Waals surface area contributed by atoms with E-state index in [0.717, 1.165) is 5.69 Å². The molecule has 0 saturated carbocycles. The number of benzene rings is 11. The van der Waals surface area contributed by atoms with Crippen LogP contribution >= 0.6 is 0 Å².